The number of aromatic nitrogens is 1. The van der Waals surface area contributed by atoms with E-state index in [0.29, 0.717) is 6.61 Å². The van der Waals surface area contributed by atoms with Crippen molar-refractivity contribution in [3.8, 4) is 11.4 Å². The maximum atomic E-state index is 7.11. The molecule has 2 aliphatic heterocycles. The Kier molecular flexibility index (Phi) is 10.8. The zero-order valence-corrected chi connectivity index (χ0v) is 33.6. The number of unbranched alkanes of at least 4 members (excludes halogenated alkanes) is 2. The molecule has 2 fully saturated rings. The lowest BCUT2D eigenvalue weighted by Gasteiger charge is -2.35. The molecule has 0 saturated carbocycles. The molecule has 0 radical (unpaired) electrons. The number of nitrogens with zero attached hydrogens (tertiary/aromatic N) is 1. The maximum Gasteiger partial charge on any atom is 0.498 e. The Hall–Kier alpha value is -2.80. The summed E-state index contributed by atoms with van der Waals surface area (Å²) < 4.78 is 29.6. The van der Waals surface area contributed by atoms with Crippen LogP contribution in [0.25, 0.3) is 27.5 Å². The Morgan fingerprint density at radius 2 is 1.35 bits per heavy atom. The summed E-state index contributed by atoms with van der Waals surface area (Å²) in [6, 6.07) is 18.9. The third-order valence-corrected chi connectivity index (χ3v) is 11.5. The van der Waals surface area contributed by atoms with Crippen molar-refractivity contribution in [3.05, 3.63) is 65.2 Å². The fraction of sp³-hybridized carbons (Fsp3) is 0.600. The van der Waals surface area contributed by atoms with Gasteiger partial charge in [-0.2, -0.15) is 0 Å². The van der Waals surface area contributed by atoms with Crippen LogP contribution >= 0.6 is 0 Å². The van der Waals surface area contributed by atoms with E-state index in [1.807, 2.05) is 0 Å². The molecule has 51 heavy (non-hydrogen) atoms. The summed E-state index contributed by atoms with van der Waals surface area (Å²) in [6.07, 6.45) is 10.6. The van der Waals surface area contributed by atoms with E-state index in [-0.39, 0.29) is 17.1 Å². The molecule has 2 saturated heterocycles. The van der Waals surface area contributed by atoms with Crippen LogP contribution in [0.5, 0.6) is 5.75 Å². The van der Waals surface area contributed by atoms with Crippen LogP contribution in [-0.4, -0.2) is 35.8 Å². The zero-order chi connectivity index (χ0) is 36.8. The summed E-state index contributed by atoms with van der Waals surface area (Å²) in [4.78, 5) is 0. The lowest BCUT2D eigenvalue weighted by Crippen LogP contribution is -2.41. The summed E-state index contributed by atoms with van der Waals surface area (Å²) >= 11 is 0. The van der Waals surface area contributed by atoms with Gasteiger partial charge in [-0.1, -0.05) is 79.5 Å². The van der Waals surface area contributed by atoms with Gasteiger partial charge in [-0.3, -0.25) is 0 Å². The van der Waals surface area contributed by atoms with Crippen molar-refractivity contribution in [1.82, 2.24) is 4.57 Å². The second-order valence-corrected chi connectivity index (χ2v) is 18.3. The maximum absolute atomic E-state index is 7.11. The third kappa shape index (κ3) is 7.94. The Morgan fingerprint density at radius 3 is 1.84 bits per heavy atom. The SMILES string of the molecule is CCCCc1ccc2c(c1)c1cc(CCCC)ccc1n2-c1cc(C(C)(C)CC(C)(C)C)cc(B2OC(C)(C)C(C)(C)O2)c1OC1CCCCO1. The number of hydrogen-bond donors (Lipinski definition) is 0. The number of aryl methyl sites for hydroxylation is 2. The van der Waals surface area contributed by atoms with Crippen molar-refractivity contribution >= 4 is 34.4 Å². The summed E-state index contributed by atoms with van der Waals surface area (Å²) in [7, 11) is -0.591. The molecule has 0 aliphatic carbocycles. The highest BCUT2D eigenvalue weighted by molar-refractivity contribution is 6.63. The molecular weight excluding hydrogens is 629 g/mol. The first-order valence-corrected chi connectivity index (χ1v) is 19.9. The molecule has 1 unspecified atom stereocenters. The predicted molar refractivity (Wildman–Crippen MR) is 215 cm³/mol. The van der Waals surface area contributed by atoms with Gasteiger partial charge in [0, 0.05) is 22.7 Å². The highest BCUT2D eigenvalue weighted by Crippen LogP contribution is 2.44. The lowest BCUT2D eigenvalue weighted by molar-refractivity contribution is -0.105. The first-order valence-electron chi connectivity index (χ1n) is 19.9. The number of benzene rings is 3. The standard InChI is InChI=1S/C45H64BNO4/c1-12-14-18-31-21-23-37-34(26-31)35-27-32(19-15-13-2)22-24-38(35)47(37)39-29-33(43(6,7)30-42(3,4)5)28-36(41(39)49-40-20-16-17-25-48-40)46-50-44(8,9)45(10,11)51-46/h21-24,26-29,40H,12-20,25,30H2,1-11H3. The van der Waals surface area contributed by atoms with E-state index in [0.717, 1.165) is 55.4 Å². The fourth-order valence-electron chi connectivity index (χ4n) is 8.28. The van der Waals surface area contributed by atoms with Crippen molar-refractivity contribution in [2.24, 2.45) is 5.41 Å². The number of ether oxygens (including phenoxy) is 2. The second kappa shape index (κ2) is 14.6. The van der Waals surface area contributed by atoms with Crippen molar-refractivity contribution in [1.29, 1.82) is 0 Å². The van der Waals surface area contributed by atoms with Gasteiger partial charge in [0.1, 0.15) is 5.75 Å². The minimum Gasteiger partial charge on any atom is -0.463 e. The van der Waals surface area contributed by atoms with Gasteiger partial charge in [0.15, 0.2) is 6.29 Å². The molecule has 6 heteroatoms. The average molecular weight is 694 g/mol. The average Bonchev–Trinajstić information content (AvgIpc) is 3.49. The quantitative estimate of drug-likeness (QED) is 0.139. The Morgan fingerprint density at radius 1 is 0.784 bits per heavy atom. The topological polar surface area (TPSA) is 41.9 Å². The molecule has 1 atom stereocenters. The van der Waals surface area contributed by atoms with Crippen molar-refractivity contribution in [2.75, 3.05) is 6.61 Å². The molecule has 3 heterocycles. The smallest absolute Gasteiger partial charge is 0.463 e. The van der Waals surface area contributed by atoms with E-state index < -0.39 is 18.3 Å². The van der Waals surface area contributed by atoms with E-state index in [1.165, 1.54) is 64.2 Å². The number of hydrogen-bond acceptors (Lipinski definition) is 4. The van der Waals surface area contributed by atoms with Gasteiger partial charge in [0.2, 0.25) is 0 Å². The molecule has 5 nitrogen and oxygen atoms in total. The predicted octanol–water partition coefficient (Wildman–Crippen LogP) is 11.4. The molecule has 0 amide bonds. The summed E-state index contributed by atoms with van der Waals surface area (Å²) in [5, 5.41) is 2.60. The molecule has 0 N–H and O–H groups in total. The highest BCUT2D eigenvalue weighted by atomic mass is 16.7. The number of rotatable bonds is 12. The molecular formula is C45H64BNO4. The fourth-order valence-corrected chi connectivity index (χ4v) is 8.28. The first kappa shape index (κ1) is 37.9. The Labute approximate surface area is 308 Å². The molecule has 1 aromatic heterocycles. The van der Waals surface area contributed by atoms with Crippen molar-refractivity contribution < 1.29 is 18.8 Å². The zero-order valence-electron chi connectivity index (χ0n) is 33.6. The van der Waals surface area contributed by atoms with E-state index >= 15 is 0 Å². The van der Waals surface area contributed by atoms with Crippen LogP contribution in [-0.2, 0) is 32.3 Å². The van der Waals surface area contributed by atoms with Crippen LogP contribution in [0, 0.1) is 5.41 Å². The molecule has 2 aliphatic rings. The van der Waals surface area contributed by atoms with Gasteiger partial charge < -0.3 is 23.3 Å². The molecule has 6 rings (SSSR count). The summed E-state index contributed by atoms with van der Waals surface area (Å²) in [5.74, 6) is 0.791. The molecule has 3 aromatic carbocycles. The molecule has 276 valence electrons. The van der Waals surface area contributed by atoms with Gasteiger partial charge in [-0.15, -0.1) is 0 Å². The van der Waals surface area contributed by atoms with Gasteiger partial charge in [-0.25, -0.2) is 0 Å². The van der Waals surface area contributed by atoms with Gasteiger partial charge in [-0.05, 0) is 130 Å². The highest BCUT2D eigenvalue weighted by Gasteiger charge is 2.53. The van der Waals surface area contributed by atoms with Crippen molar-refractivity contribution in [2.45, 2.75) is 163 Å². The second-order valence-electron chi connectivity index (χ2n) is 18.3. The number of fused-ring (bicyclic) bond motifs is 3. The van der Waals surface area contributed by atoms with Crippen LogP contribution in [0.2, 0.25) is 0 Å². The van der Waals surface area contributed by atoms with Crippen molar-refractivity contribution in [3.63, 3.8) is 0 Å². The van der Waals surface area contributed by atoms with Gasteiger partial charge in [0.05, 0.1) is 34.5 Å². The van der Waals surface area contributed by atoms with Gasteiger partial charge >= 0.3 is 7.12 Å². The molecule has 4 aromatic rings. The van der Waals surface area contributed by atoms with Crippen LogP contribution in [0.3, 0.4) is 0 Å². The van der Waals surface area contributed by atoms with E-state index in [9.17, 15) is 0 Å². The van der Waals surface area contributed by atoms with Crippen LogP contribution in [0.4, 0.5) is 0 Å². The normalized spacial score (nSPS) is 19.4. The minimum absolute atomic E-state index is 0.134. The summed E-state index contributed by atoms with van der Waals surface area (Å²) in [6.45, 7) is 25.5. The van der Waals surface area contributed by atoms with Crippen LogP contribution in [0.1, 0.15) is 144 Å². The third-order valence-electron chi connectivity index (χ3n) is 11.5. The Bertz CT molecular complexity index is 1760. The first-order chi connectivity index (χ1) is 24.0. The van der Waals surface area contributed by atoms with E-state index in [2.05, 4.69) is 129 Å². The lowest BCUT2D eigenvalue weighted by atomic mass is 9.69. The largest absolute Gasteiger partial charge is 0.498 e. The summed E-state index contributed by atoms with van der Waals surface area (Å²) in [5.41, 5.74) is 7.40. The monoisotopic (exact) mass is 693 g/mol. The van der Waals surface area contributed by atoms with Crippen LogP contribution < -0.4 is 10.2 Å². The van der Waals surface area contributed by atoms with Gasteiger partial charge in [0.25, 0.3) is 0 Å². The van der Waals surface area contributed by atoms with Crippen LogP contribution in [0.15, 0.2) is 48.5 Å². The van der Waals surface area contributed by atoms with E-state index in [4.69, 9.17) is 18.8 Å². The minimum atomic E-state index is -0.591. The molecule has 0 bridgehead atoms. The Balaban J connectivity index is 1.67. The molecule has 0 spiro atoms. The van der Waals surface area contributed by atoms with E-state index in [1.54, 1.807) is 0 Å².